The van der Waals surface area contributed by atoms with Crippen molar-refractivity contribution in [3.63, 3.8) is 0 Å². The Kier molecular flexibility index (Phi) is 4.40. The lowest BCUT2D eigenvalue weighted by Gasteiger charge is -2.08. The summed E-state index contributed by atoms with van der Waals surface area (Å²) in [6.45, 7) is 4.79. The second-order valence-corrected chi connectivity index (χ2v) is 4.53. The minimum atomic E-state index is 0.625. The highest BCUT2D eigenvalue weighted by molar-refractivity contribution is 5.30. The van der Waals surface area contributed by atoms with Gasteiger partial charge in [-0.2, -0.15) is 0 Å². The quantitative estimate of drug-likeness (QED) is 0.754. The van der Waals surface area contributed by atoms with Crippen LogP contribution in [0.25, 0.3) is 0 Å². The summed E-state index contributed by atoms with van der Waals surface area (Å²) in [4.78, 5) is 0. The van der Waals surface area contributed by atoms with E-state index in [0.717, 1.165) is 12.2 Å². The monoisotopic (exact) mass is 239 g/mol. The molecule has 0 aromatic heterocycles. The van der Waals surface area contributed by atoms with E-state index in [-0.39, 0.29) is 0 Å². The van der Waals surface area contributed by atoms with Crippen molar-refractivity contribution in [2.75, 3.05) is 0 Å². The molecule has 0 spiro atoms. The van der Waals surface area contributed by atoms with Gasteiger partial charge in [-0.15, -0.1) is 0 Å². The van der Waals surface area contributed by atoms with Crippen molar-refractivity contribution in [3.8, 4) is 5.75 Å². The van der Waals surface area contributed by atoms with Crippen LogP contribution in [0.2, 0.25) is 0 Å². The first kappa shape index (κ1) is 12.7. The van der Waals surface area contributed by atoms with E-state index in [9.17, 15) is 0 Å². The van der Waals surface area contributed by atoms with Crippen LogP contribution in [0.3, 0.4) is 0 Å². The molecule has 0 unspecified atom stereocenters. The average Bonchev–Trinajstić information content (AvgIpc) is 2.39. The van der Waals surface area contributed by atoms with Gasteiger partial charge in [-0.25, -0.2) is 0 Å². The van der Waals surface area contributed by atoms with Crippen molar-refractivity contribution >= 4 is 0 Å². The predicted molar refractivity (Wildman–Crippen MR) is 75.6 cm³/mol. The Morgan fingerprint density at radius 1 is 1.00 bits per heavy atom. The van der Waals surface area contributed by atoms with Gasteiger partial charge in [0, 0.05) is 0 Å². The van der Waals surface area contributed by atoms with Crippen LogP contribution in [0.15, 0.2) is 48.5 Å². The molecule has 18 heavy (non-hydrogen) atoms. The van der Waals surface area contributed by atoms with Crippen molar-refractivity contribution in [1.29, 1.82) is 0 Å². The van der Waals surface area contributed by atoms with Crippen LogP contribution in [0.4, 0.5) is 0 Å². The summed E-state index contributed by atoms with van der Waals surface area (Å²) in [6.07, 6.45) is 3.14. The summed E-state index contributed by atoms with van der Waals surface area (Å²) >= 11 is 0. The second kappa shape index (κ2) is 6.25. The molecule has 0 aliphatic rings. The second-order valence-electron chi connectivity index (χ2n) is 4.53. The molecule has 2 rings (SSSR count). The Bertz CT molecular complexity index is 485. The molecule has 2 aromatic rings. The molecular weight excluding hydrogens is 220 g/mol. The Morgan fingerprint density at radius 3 is 2.50 bits per heavy atom. The zero-order valence-electron chi connectivity index (χ0n) is 11.0. The highest BCUT2D eigenvalue weighted by atomic mass is 16.5. The first-order valence-corrected chi connectivity index (χ1v) is 6.33. The van der Waals surface area contributed by atoms with Crippen LogP contribution >= 0.6 is 0 Å². The topological polar surface area (TPSA) is 9.23 Å². The van der Waals surface area contributed by atoms with Gasteiger partial charge in [0.05, 0.1) is 0 Å². The number of aryl methyl sites for hydroxylation is 1. The largest absolute Gasteiger partial charge is 0.489 e. The first-order valence-electron chi connectivity index (χ1n) is 6.33. The molecule has 0 aliphatic heterocycles. The number of hydrogen-bond donors (Lipinski definition) is 0. The number of benzene rings is 2. The number of rotatable bonds is 5. The predicted octanol–water partition coefficient (Wildman–Crippen LogP) is 4.34. The van der Waals surface area contributed by atoms with Gasteiger partial charge in [0.15, 0.2) is 0 Å². The zero-order chi connectivity index (χ0) is 12.8. The Balaban J connectivity index is 1.97. The van der Waals surface area contributed by atoms with Gasteiger partial charge < -0.3 is 4.74 Å². The van der Waals surface area contributed by atoms with Crippen LogP contribution in [-0.4, -0.2) is 0 Å². The van der Waals surface area contributed by atoms with Crippen molar-refractivity contribution < 1.29 is 4.74 Å². The molecule has 1 nitrogen and oxygen atoms in total. The number of hydrogen-bond acceptors (Lipinski definition) is 1. The van der Waals surface area contributed by atoms with Gasteiger partial charge in [-0.1, -0.05) is 48.9 Å². The van der Waals surface area contributed by atoms with Gasteiger partial charge in [0.25, 0.3) is 0 Å². The minimum absolute atomic E-state index is 0.625. The summed E-state index contributed by atoms with van der Waals surface area (Å²) in [7, 11) is 0. The third-order valence-corrected chi connectivity index (χ3v) is 2.86. The fourth-order valence-electron chi connectivity index (χ4n) is 1.85. The summed E-state index contributed by atoms with van der Waals surface area (Å²) in [5.74, 6) is 0.940. The van der Waals surface area contributed by atoms with E-state index < -0.39 is 0 Å². The van der Waals surface area contributed by atoms with E-state index in [1.54, 1.807) is 0 Å². The van der Waals surface area contributed by atoms with Crippen LogP contribution in [0.1, 0.15) is 23.6 Å². The number of ether oxygens (including phenoxy) is 1. The maximum atomic E-state index is 5.81. The average molecular weight is 239 g/mol. The van der Waals surface area contributed by atoms with Gasteiger partial charge in [-0.3, -0.25) is 0 Å². The Morgan fingerprint density at radius 2 is 1.78 bits per heavy atom. The molecule has 0 N–H and O–H groups in total. The van der Waals surface area contributed by atoms with E-state index in [1.165, 1.54) is 16.7 Å². The molecule has 0 bridgehead atoms. The van der Waals surface area contributed by atoms with E-state index >= 15 is 0 Å². The maximum Gasteiger partial charge on any atom is 0.120 e. The molecule has 0 fully saturated rings. The molecular formula is C17H19O. The molecule has 2 aromatic carbocycles. The van der Waals surface area contributed by atoms with E-state index in [4.69, 9.17) is 4.74 Å². The molecule has 93 valence electrons. The molecule has 0 atom stereocenters. The van der Waals surface area contributed by atoms with Gasteiger partial charge in [-0.05, 0) is 43.0 Å². The van der Waals surface area contributed by atoms with E-state index in [1.807, 2.05) is 12.1 Å². The van der Waals surface area contributed by atoms with Gasteiger partial charge in [0.2, 0.25) is 0 Å². The lowest BCUT2D eigenvalue weighted by molar-refractivity contribution is 0.306. The first-order chi connectivity index (χ1) is 8.78. The van der Waals surface area contributed by atoms with E-state index in [2.05, 4.69) is 56.7 Å². The molecule has 0 amide bonds. The maximum absolute atomic E-state index is 5.81. The molecule has 0 saturated heterocycles. The van der Waals surface area contributed by atoms with Crippen molar-refractivity contribution in [3.05, 3.63) is 71.6 Å². The molecule has 0 aliphatic carbocycles. The van der Waals surface area contributed by atoms with Crippen molar-refractivity contribution in [1.82, 2.24) is 0 Å². The summed E-state index contributed by atoms with van der Waals surface area (Å²) < 4.78 is 5.81. The smallest absolute Gasteiger partial charge is 0.120 e. The summed E-state index contributed by atoms with van der Waals surface area (Å²) in [6, 6.07) is 16.7. The third-order valence-electron chi connectivity index (χ3n) is 2.86. The fourth-order valence-corrected chi connectivity index (χ4v) is 1.85. The molecule has 1 heteroatoms. The third kappa shape index (κ3) is 3.63. The SMILES string of the molecule is C[CH]Cc1cccc(OCc2ccc(C)cc2)c1. The Hall–Kier alpha value is -1.76. The lowest BCUT2D eigenvalue weighted by atomic mass is 10.1. The van der Waals surface area contributed by atoms with Crippen LogP contribution < -0.4 is 4.74 Å². The highest BCUT2D eigenvalue weighted by Crippen LogP contribution is 2.16. The zero-order valence-corrected chi connectivity index (χ0v) is 11.0. The molecule has 0 heterocycles. The van der Waals surface area contributed by atoms with Crippen LogP contribution in [0, 0.1) is 13.3 Å². The normalized spacial score (nSPS) is 10.3. The summed E-state index contributed by atoms with van der Waals surface area (Å²) in [5.41, 5.74) is 3.77. The molecule has 1 radical (unpaired) electrons. The summed E-state index contributed by atoms with van der Waals surface area (Å²) in [5, 5.41) is 0. The molecule has 0 saturated carbocycles. The lowest BCUT2D eigenvalue weighted by Crippen LogP contribution is -1.96. The Labute approximate surface area is 109 Å². The minimum Gasteiger partial charge on any atom is -0.489 e. The fraction of sp³-hybridized carbons (Fsp3) is 0.235. The van der Waals surface area contributed by atoms with Crippen LogP contribution in [0.5, 0.6) is 5.75 Å². The van der Waals surface area contributed by atoms with E-state index in [0.29, 0.717) is 6.61 Å². The standard InChI is InChI=1S/C17H19O/c1-3-5-15-6-4-7-17(12-15)18-13-16-10-8-14(2)9-11-16/h3-4,6-12H,5,13H2,1-2H3. The van der Waals surface area contributed by atoms with Crippen molar-refractivity contribution in [2.24, 2.45) is 0 Å². The van der Waals surface area contributed by atoms with Crippen LogP contribution in [-0.2, 0) is 13.0 Å². The highest BCUT2D eigenvalue weighted by Gasteiger charge is 1.98. The van der Waals surface area contributed by atoms with Gasteiger partial charge >= 0.3 is 0 Å². The van der Waals surface area contributed by atoms with Crippen molar-refractivity contribution in [2.45, 2.75) is 26.9 Å². The van der Waals surface area contributed by atoms with Gasteiger partial charge in [0.1, 0.15) is 12.4 Å².